The summed E-state index contributed by atoms with van der Waals surface area (Å²) in [5, 5.41) is 0.727. The van der Waals surface area contributed by atoms with Crippen molar-refractivity contribution in [3.8, 4) is 5.75 Å². The number of nitrogens with zero attached hydrogens (tertiary/aromatic N) is 2. The molecule has 4 heteroatoms. The highest BCUT2D eigenvalue weighted by atomic mass is 35.5. The maximum Gasteiger partial charge on any atom is 0.121 e. The molecule has 2 aromatic rings. The van der Waals surface area contributed by atoms with Gasteiger partial charge in [-0.05, 0) is 45.4 Å². The lowest BCUT2D eigenvalue weighted by Gasteiger charge is -2.13. The lowest BCUT2D eigenvalue weighted by molar-refractivity contribution is 0.242. The van der Waals surface area contributed by atoms with Crippen LogP contribution in [0, 0.1) is 13.8 Å². The van der Waals surface area contributed by atoms with Crippen LogP contribution in [-0.4, -0.2) is 15.7 Å². The van der Waals surface area contributed by atoms with Crippen molar-refractivity contribution in [1.82, 2.24) is 9.55 Å². The second-order valence-corrected chi connectivity index (χ2v) is 5.36. The Bertz CT molecular complexity index is 556. The Morgan fingerprint density at radius 2 is 2.05 bits per heavy atom. The van der Waals surface area contributed by atoms with Crippen molar-refractivity contribution in [3.63, 3.8) is 0 Å². The third-order valence-electron chi connectivity index (χ3n) is 2.98. The van der Waals surface area contributed by atoms with Crippen LogP contribution < -0.4 is 4.74 Å². The van der Waals surface area contributed by atoms with Gasteiger partial charge in [-0.15, -0.1) is 0 Å². The quantitative estimate of drug-likeness (QED) is 0.845. The highest BCUT2D eigenvalue weighted by molar-refractivity contribution is 6.31. The van der Waals surface area contributed by atoms with Gasteiger partial charge in [0.1, 0.15) is 11.6 Å². The lowest BCUT2D eigenvalue weighted by Crippen LogP contribution is -2.07. The molecule has 0 N–H and O–H groups in total. The molecule has 0 spiro atoms. The molecule has 3 nitrogen and oxygen atoms in total. The van der Waals surface area contributed by atoms with Gasteiger partial charge in [0.15, 0.2) is 0 Å². The van der Waals surface area contributed by atoms with Gasteiger partial charge < -0.3 is 9.30 Å². The summed E-state index contributed by atoms with van der Waals surface area (Å²) in [6.45, 7) is 8.78. The van der Waals surface area contributed by atoms with Crippen molar-refractivity contribution in [2.24, 2.45) is 0 Å². The molecule has 0 aliphatic rings. The second kappa shape index (κ2) is 5.66. The molecule has 0 aliphatic heterocycles. The van der Waals surface area contributed by atoms with Gasteiger partial charge in [-0.1, -0.05) is 17.7 Å². The van der Waals surface area contributed by atoms with Gasteiger partial charge in [-0.2, -0.15) is 0 Å². The number of halogens is 1. The Morgan fingerprint density at radius 1 is 1.32 bits per heavy atom. The molecule has 19 heavy (non-hydrogen) atoms. The maximum absolute atomic E-state index is 6.32. The first kappa shape index (κ1) is 13.9. The Balaban J connectivity index is 2.22. The summed E-state index contributed by atoms with van der Waals surface area (Å²) in [4.78, 5) is 4.29. The molecule has 0 radical (unpaired) electrons. The average Bonchev–Trinajstić information content (AvgIpc) is 2.63. The predicted molar refractivity (Wildman–Crippen MR) is 78.0 cm³/mol. The van der Waals surface area contributed by atoms with Crippen LogP contribution >= 0.6 is 11.6 Å². The zero-order valence-corrected chi connectivity index (χ0v) is 12.5. The molecule has 0 unspecified atom stereocenters. The molecule has 0 saturated carbocycles. The zero-order chi connectivity index (χ0) is 14.0. The number of aryl methyl sites for hydroxylation is 2. The molecule has 2 rings (SSSR count). The Kier molecular flexibility index (Phi) is 4.15. The van der Waals surface area contributed by atoms with E-state index in [4.69, 9.17) is 16.3 Å². The Hall–Kier alpha value is -1.48. The van der Waals surface area contributed by atoms with Crippen LogP contribution in [0.5, 0.6) is 5.75 Å². The number of ether oxygens (including phenoxy) is 1. The Labute approximate surface area is 119 Å². The van der Waals surface area contributed by atoms with Gasteiger partial charge in [0, 0.05) is 16.9 Å². The van der Waals surface area contributed by atoms with Crippen LogP contribution in [0.4, 0.5) is 0 Å². The van der Waals surface area contributed by atoms with Gasteiger partial charge in [0.05, 0.1) is 12.6 Å². The molecule has 0 fully saturated rings. The van der Waals surface area contributed by atoms with Gasteiger partial charge in [-0.3, -0.25) is 0 Å². The van der Waals surface area contributed by atoms with Crippen LogP contribution in [0.1, 0.15) is 30.9 Å². The SMILES string of the molecule is Cc1cnc(C)n1Cc1ccc(OC(C)C)cc1Cl. The minimum atomic E-state index is 0.153. The summed E-state index contributed by atoms with van der Waals surface area (Å²) in [6, 6.07) is 5.85. The summed E-state index contributed by atoms with van der Waals surface area (Å²) in [6.07, 6.45) is 2.03. The molecule has 0 amide bonds. The highest BCUT2D eigenvalue weighted by Crippen LogP contribution is 2.24. The van der Waals surface area contributed by atoms with Gasteiger partial charge in [-0.25, -0.2) is 4.98 Å². The minimum Gasteiger partial charge on any atom is -0.491 e. The minimum absolute atomic E-state index is 0.153. The third kappa shape index (κ3) is 3.29. The van der Waals surface area contributed by atoms with Gasteiger partial charge in [0.25, 0.3) is 0 Å². The highest BCUT2D eigenvalue weighted by Gasteiger charge is 2.08. The van der Waals surface area contributed by atoms with Crippen molar-refractivity contribution >= 4 is 11.6 Å². The average molecular weight is 279 g/mol. The second-order valence-electron chi connectivity index (χ2n) is 4.95. The van der Waals surface area contributed by atoms with Crippen molar-refractivity contribution in [2.45, 2.75) is 40.3 Å². The molecule has 1 aromatic heterocycles. The molecule has 0 saturated heterocycles. The van der Waals surface area contributed by atoms with E-state index < -0.39 is 0 Å². The fraction of sp³-hybridized carbons (Fsp3) is 0.400. The van der Waals surface area contributed by atoms with Crippen molar-refractivity contribution in [2.75, 3.05) is 0 Å². The van der Waals surface area contributed by atoms with Crippen molar-refractivity contribution in [3.05, 3.63) is 46.5 Å². The standard InChI is InChI=1S/C15H19ClN2O/c1-10(2)19-14-6-5-13(15(16)7-14)9-18-11(3)8-17-12(18)4/h5-8,10H,9H2,1-4H3. The lowest BCUT2D eigenvalue weighted by atomic mass is 10.2. The van der Waals surface area contributed by atoms with E-state index >= 15 is 0 Å². The van der Waals surface area contributed by atoms with Crippen LogP contribution in [0.2, 0.25) is 5.02 Å². The van der Waals surface area contributed by atoms with Crippen molar-refractivity contribution in [1.29, 1.82) is 0 Å². The molecule has 1 aromatic carbocycles. The van der Waals surface area contributed by atoms with E-state index in [2.05, 4.69) is 9.55 Å². The van der Waals surface area contributed by atoms with Crippen LogP contribution in [-0.2, 0) is 6.54 Å². The zero-order valence-electron chi connectivity index (χ0n) is 11.8. The van der Waals surface area contributed by atoms with E-state index in [1.165, 1.54) is 0 Å². The smallest absolute Gasteiger partial charge is 0.121 e. The molecular formula is C15H19ClN2O. The van der Waals surface area contributed by atoms with E-state index in [1.807, 2.05) is 52.1 Å². The van der Waals surface area contributed by atoms with E-state index in [9.17, 15) is 0 Å². The molecular weight excluding hydrogens is 260 g/mol. The number of benzene rings is 1. The number of aromatic nitrogens is 2. The summed E-state index contributed by atoms with van der Waals surface area (Å²) < 4.78 is 7.77. The first-order valence-corrected chi connectivity index (χ1v) is 6.79. The summed E-state index contributed by atoms with van der Waals surface area (Å²) in [5.41, 5.74) is 2.21. The first-order valence-electron chi connectivity index (χ1n) is 6.41. The van der Waals surface area contributed by atoms with Gasteiger partial charge in [0.2, 0.25) is 0 Å². The Morgan fingerprint density at radius 3 is 2.58 bits per heavy atom. The normalized spacial score (nSPS) is 11.1. The molecule has 0 aliphatic carbocycles. The van der Waals surface area contributed by atoms with Crippen molar-refractivity contribution < 1.29 is 4.74 Å². The number of rotatable bonds is 4. The third-order valence-corrected chi connectivity index (χ3v) is 3.33. The van der Waals surface area contributed by atoms with E-state index in [0.717, 1.165) is 34.4 Å². The fourth-order valence-corrected chi connectivity index (χ4v) is 2.22. The van der Waals surface area contributed by atoms with E-state index in [-0.39, 0.29) is 6.10 Å². The summed E-state index contributed by atoms with van der Waals surface area (Å²) in [5.74, 6) is 1.80. The number of imidazole rings is 1. The maximum atomic E-state index is 6.32. The number of hydrogen-bond acceptors (Lipinski definition) is 2. The monoisotopic (exact) mass is 278 g/mol. The van der Waals surface area contributed by atoms with E-state index in [1.54, 1.807) is 0 Å². The molecule has 0 atom stereocenters. The molecule has 1 heterocycles. The molecule has 0 bridgehead atoms. The molecule has 102 valence electrons. The summed E-state index contributed by atoms with van der Waals surface area (Å²) >= 11 is 6.32. The fourth-order valence-electron chi connectivity index (χ4n) is 1.99. The van der Waals surface area contributed by atoms with Gasteiger partial charge >= 0.3 is 0 Å². The van der Waals surface area contributed by atoms with E-state index in [0.29, 0.717) is 0 Å². The topological polar surface area (TPSA) is 27.1 Å². The van der Waals surface area contributed by atoms with Crippen LogP contribution in [0.15, 0.2) is 24.4 Å². The van der Waals surface area contributed by atoms with Crippen LogP contribution in [0.3, 0.4) is 0 Å². The van der Waals surface area contributed by atoms with Crippen LogP contribution in [0.25, 0.3) is 0 Å². The summed E-state index contributed by atoms with van der Waals surface area (Å²) in [7, 11) is 0. The predicted octanol–water partition coefficient (Wildman–Crippen LogP) is 3.99. The first-order chi connectivity index (χ1) is 8.97. The number of hydrogen-bond donors (Lipinski definition) is 0. The largest absolute Gasteiger partial charge is 0.491 e.